The molecule has 1 atom stereocenters. The van der Waals surface area contributed by atoms with Crippen LogP contribution in [-0.2, 0) is 16.0 Å². The molecule has 1 aliphatic heterocycles. The highest BCUT2D eigenvalue weighted by atomic mass is 16.5. The van der Waals surface area contributed by atoms with E-state index in [0.29, 0.717) is 6.61 Å². The summed E-state index contributed by atoms with van der Waals surface area (Å²) < 4.78 is 5.34. The maximum atomic E-state index is 11.9. The lowest BCUT2D eigenvalue weighted by atomic mass is 10.1. The van der Waals surface area contributed by atoms with Crippen LogP contribution in [0.4, 0.5) is 5.69 Å². The molecule has 1 aromatic carbocycles. The van der Waals surface area contributed by atoms with Gasteiger partial charge in [-0.1, -0.05) is 50.8 Å². The summed E-state index contributed by atoms with van der Waals surface area (Å²) in [7, 11) is 0. The summed E-state index contributed by atoms with van der Waals surface area (Å²) >= 11 is 0. The summed E-state index contributed by atoms with van der Waals surface area (Å²) in [6.07, 6.45) is 6.62. The third-order valence-corrected chi connectivity index (χ3v) is 3.55. The Balaban J connectivity index is 1.66. The number of nitrogens with one attached hydrogen (secondary N) is 1. The second-order valence-electron chi connectivity index (χ2n) is 5.14. The first-order chi connectivity index (χ1) is 9.31. The average molecular weight is 261 g/mol. The minimum Gasteiger partial charge on any atom is -0.464 e. The maximum Gasteiger partial charge on any atom is 0.328 e. The molecule has 0 unspecified atom stereocenters. The van der Waals surface area contributed by atoms with Gasteiger partial charge in [-0.15, -0.1) is 0 Å². The zero-order chi connectivity index (χ0) is 13.5. The van der Waals surface area contributed by atoms with Gasteiger partial charge in [0.1, 0.15) is 6.04 Å². The first-order valence-corrected chi connectivity index (χ1v) is 7.32. The number of esters is 1. The first-order valence-electron chi connectivity index (χ1n) is 7.32. The Morgan fingerprint density at radius 3 is 2.84 bits per heavy atom. The molecule has 0 bridgehead atoms. The van der Waals surface area contributed by atoms with Crippen molar-refractivity contribution >= 4 is 11.7 Å². The molecule has 0 fully saturated rings. The van der Waals surface area contributed by atoms with Crippen LogP contribution in [0.1, 0.15) is 44.6 Å². The van der Waals surface area contributed by atoms with E-state index in [9.17, 15) is 4.79 Å². The second kappa shape index (κ2) is 7.17. The first kappa shape index (κ1) is 13.9. The van der Waals surface area contributed by atoms with E-state index in [4.69, 9.17) is 4.74 Å². The normalized spacial score (nSPS) is 16.8. The van der Waals surface area contributed by atoms with Crippen molar-refractivity contribution in [2.24, 2.45) is 0 Å². The quantitative estimate of drug-likeness (QED) is 0.602. The standard InChI is InChI=1S/C16H23NO2/c1-2-3-4-5-8-11-19-16(18)15-12-13-9-6-7-10-14(13)17-15/h6-7,9-10,15,17H,2-5,8,11-12H2,1H3/t15-/m0/s1. The van der Waals surface area contributed by atoms with E-state index in [2.05, 4.69) is 18.3 Å². The van der Waals surface area contributed by atoms with Crippen LogP contribution >= 0.6 is 0 Å². The van der Waals surface area contributed by atoms with E-state index in [-0.39, 0.29) is 12.0 Å². The number of unbranched alkanes of at least 4 members (excludes halogenated alkanes) is 4. The van der Waals surface area contributed by atoms with Crippen LogP contribution in [0, 0.1) is 0 Å². The lowest BCUT2D eigenvalue weighted by Gasteiger charge is -2.11. The fourth-order valence-corrected chi connectivity index (χ4v) is 2.42. The number of carbonyl (C=O) groups excluding carboxylic acids is 1. The lowest BCUT2D eigenvalue weighted by Crippen LogP contribution is -2.29. The fourth-order valence-electron chi connectivity index (χ4n) is 2.42. The second-order valence-corrected chi connectivity index (χ2v) is 5.14. The number of anilines is 1. The number of para-hydroxylation sites is 1. The van der Waals surface area contributed by atoms with E-state index in [0.717, 1.165) is 24.9 Å². The number of hydrogen-bond acceptors (Lipinski definition) is 3. The van der Waals surface area contributed by atoms with Crippen molar-refractivity contribution in [1.29, 1.82) is 0 Å². The molecule has 1 aromatic rings. The molecule has 0 saturated carbocycles. The van der Waals surface area contributed by atoms with Crippen molar-refractivity contribution in [3.05, 3.63) is 29.8 Å². The highest BCUT2D eigenvalue weighted by Gasteiger charge is 2.27. The molecule has 0 amide bonds. The van der Waals surface area contributed by atoms with Crippen LogP contribution in [0.15, 0.2) is 24.3 Å². The molecule has 0 spiro atoms. The summed E-state index contributed by atoms with van der Waals surface area (Å²) in [6, 6.07) is 7.84. The van der Waals surface area contributed by atoms with Gasteiger partial charge in [-0.2, -0.15) is 0 Å². The number of benzene rings is 1. The Morgan fingerprint density at radius 2 is 2.05 bits per heavy atom. The molecule has 3 nitrogen and oxygen atoms in total. The molecule has 1 heterocycles. The van der Waals surface area contributed by atoms with E-state index < -0.39 is 0 Å². The van der Waals surface area contributed by atoms with Crippen molar-refractivity contribution in [2.45, 2.75) is 51.5 Å². The average Bonchev–Trinajstić information content (AvgIpc) is 2.86. The van der Waals surface area contributed by atoms with Gasteiger partial charge in [0, 0.05) is 12.1 Å². The van der Waals surface area contributed by atoms with Crippen LogP contribution < -0.4 is 5.32 Å². The summed E-state index contributed by atoms with van der Waals surface area (Å²) in [5.74, 6) is -0.119. The number of fused-ring (bicyclic) bond motifs is 1. The van der Waals surface area contributed by atoms with E-state index >= 15 is 0 Å². The van der Waals surface area contributed by atoms with Gasteiger partial charge >= 0.3 is 5.97 Å². The van der Waals surface area contributed by atoms with Crippen LogP contribution in [-0.4, -0.2) is 18.6 Å². The maximum absolute atomic E-state index is 11.9. The van der Waals surface area contributed by atoms with Gasteiger partial charge in [0.05, 0.1) is 6.61 Å². The Morgan fingerprint density at radius 1 is 1.26 bits per heavy atom. The Bertz CT molecular complexity index is 392. The van der Waals surface area contributed by atoms with Crippen molar-refractivity contribution < 1.29 is 9.53 Å². The SMILES string of the molecule is CCCCCCCOC(=O)[C@@H]1Cc2ccccc2N1. The Labute approximate surface area is 115 Å². The summed E-state index contributed by atoms with van der Waals surface area (Å²) in [4.78, 5) is 11.9. The zero-order valence-electron chi connectivity index (χ0n) is 11.7. The van der Waals surface area contributed by atoms with Crippen LogP contribution in [0.5, 0.6) is 0 Å². The highest BCUT2D eigenvalue weighted by Crippen LogP contribution is 2.25. The van der Waals surface area contributed by atoms with Crippen molar-refractivity contribution in [2.75, 3.05) is 11.9 Å². The summed E-state index contributed by atoms with van der Waals surface area (Å²) in [5, 5.41) is 3.22. The number of rotatable bonds is 7. The molecule has 2 rings (SSSR count). The van der Waals surface area contributed by atoms with Gasteiger partial charge < -0.3 is 10.1 Å². The van der Waals surface area contributed by atoms with Crippen molar-refractivity contribution in [3.8, 4) is 0 Å². The van der Waals surface area contributed by atoms with E-state index in [1.54, 1.807) is 0 Å². The van der Waals surface area contributed by atoms with Crippen molar-refractivity contribution in [3.63, 3.8) is 0 Å². The highest BCUT2D eigenvalue weighted by molar-refractivity contribution is 5.82. The molecular weight excluding hydrogens is 238 g/mol. The minimum absolute atomic E-state index is 0.119. The van der Waals surface area contributed by atoms with Gasteiger partial charge in [0.15, 0.2) is 0 Å². The molecule has 0 aromatic heterocycles. The Hall–Kier alpha value is -1.51. The van der Waals surface area contributed by atoms with Gasteiger partial charge in [-0.25, -0.2) is 4.79 Å². The molecule has 3 heteroatoms. The number of carbonyl (C=O) groups is 1. The smallest absolute Gasteiger partial charge is 0.328 e. The molecule has 0 saturated heterocycles. The molecule has 104 valence electrons. The minimum atomic E-state index is -0.201. The number of hydrogen-bond donors (Lipinski definition) is 1. The zero-order valence-corrected chi connectivity index (χ0v) is 11.7. The van der Waals surface area contributed by atoms with Crippen molar-refractivity contribution in [1.82, 2.24) is 0 Å². The molecular formula is C16H23NO2. The summed E-state index contributed by atoms with van der Waals surface area (Å²) in [5.41, 5.74) is 2.26. The number of ether oxygens (including phenoxy) is 1. The molecule has 0 radical (unpaired) electrons. The topological polar surface area (TPSA) is 38.3 Å². The molecule has 19 heavy (non-hydrogen) atoms. The third kappa shape index (κ3) is 3.98. The van der Waals surface area contributed by atoms with Gasteiger partial charge in [-0.05, 0) is 18.1 Å². The third-order valence-electron chi connectivity index (χ3n) is 3.55. The molecule has 0 aliphatic carbocycles. The van der Waals surface area contributed by atoms with Gasteiger partial charge in [0.25, 0.3) is 0 Å². The van der Waals surface area contributed by atoms with Crippen LogP contribution in [0.25, 0.3) is 0 Å². The monoisotopic (exact) mass is 261 g/mol. The predicted octanol–water partition coefficient (Wildman–Crippen LogP) is 3.54. The van der Waals surface area contributed by atoms with E-state index in [1.165, 1.54) is 24.8 Å². The largest absolute Gasteiger partial charge is 0.464 e. The predicted molar refractivity (Wildman–Crippen MR) is 77.3 cm³/mol. The molecule has 1 N–H and O–H groups in total. The fraction of sp³-hybridized carbons (Fsp3) is 0.562. The Kier molecular flexibility index (Phi) is 5.25. The lowest BCUT2D eigenvalue weighted by molar-refractivity contribution is -0.144. The van der Waals surface area contributed by atoms with Crippen LogP contribution in [0.2, 0.25) is 0 Å². The van der Waals surface area contributed by atoms with Gasteiger partial charge in [-0.3, -0.25) is 0 Å². The molecule has 1 aliphatic rings. The summed E-state index contributed by atoms with van der Waals surface area (Å²) in [6.45, 7) is 2.75. The van der Waals surface area contributed by atoms with Crippen LogP contribution in [0.3, 0.4) is 0 Å². The van der Waals surface area contributed by atoms with E-state index in [1.807, 2.05) is 18.2 Å². The van der Waals surface area contributed by atoms with Gasteiger partial charge in [0.2, 0.25) is 0 Å².